The van der Waals surface area contributed by atoms with Gasteiger partial charge in [-0.25, -0.2) is 4.39 Å². The van der Waals surface area contributed by atoms with Gasteiger partial charge in [0.2, 0.25) is 0 Å². The molecule has 1 aromatic rings. The number of aliphatic hydroxyl groups is 1. The Morgan fingerprint density at radius 1 is 1.38 bits per heavy atom. The predicted molar refractivity (Wildman–Crippen MR) is 81.8 cm³/mol. The summed E-state index contributed by atoms with van der Waals surface area (Å²) in [7, 11) is 2.08. The number of nitrogens with zero attached hydrogens (tertiary/aromatic N) is 1. The van der Waals surface area contributed by atoms with Gasteiger partial charge in [-0.3, -0.25) is 0 Å². The average molecular weight is 295 g/mol. The van der Waals surface area contributed by atoms with Crippen LogP contribution >= 0.6 is 0 Å². The van der Waals surface area contributed by atoms with Gasteiger partial charge in [-0.05, 0) is 56.3 Å². The molecule has 3 nitrogen and oxygen atoms in total. The van der Waals surface area contributed by atoms with Crippen LogP contribution < -0.4 is 0 Å². The maximum Gasteiger partial charge on any atom is 0.126 e. The van der Waals surface area contributed by atoms with Crippen LogP contribution in [0.3, 0.4) is 0 Å². The number of halogens is 1. The molecule has 1 saturated heterocycles. The maximum atomic E-state index is 13.5. The van der Waals surface area contributed by atoms with Gasteiger partial charge < -0.3 is 14.7 Å². The lowest BCUT2D eigenvalue weighted by molar-refractivity contribution is 0.0534. The van der Waals surface area contributed by atoms with Gasteiger partial charge in [-0.1, -0.05) is 12.1 Å². The van der Waals surface area contributed by atoms with Crippen molar-refractivity contribution in [2.75, 3.05) is 33.4 Å². The fraction of sp³-hybridized carbons (Fsp3) is 0.647. The summed E-state index contributed by atoms with van der Waals surface area (Å²) in [6.07, 6.45) is 2.27. The second kappa shape index (κ2) is 7.87. The standard InChI is InChI=1S/C17H26FNO2/c1-13-3-4-15(11-16(13)18)17(20)5-8-19(2)12-14-6-9-21-10-7-14/h3-4,11,14,17,20H,5-10,12H2,1-2H3. The molecule has 1 aliphatic rings. The van der Waals surface area contributed by atoms with Crippen molar-refractivity contribution in [3.05, 3.63) is 35.1 Å². The predicted octanol–water partition coefficient (Wildman–Crippen LogP) is 2.92. The van der Waals surface area contributed by atoms with E-state index in [-0.39, 0.29) is 5.82 Å². The molecule has 0 radical (unpaired) electrons. The lowest BCUT2D eigenvalue weighted by atomic mass is 9.99. The molecule has 0 saturated carbocycles. The normalized spacial score (nSPS) is 18.1. The summed E-state index contributed by atoms with van der Waals surface area (Å²) >= 11 is 0. The zero-order chi connectivity index (χ0) is 15.2. The number of benzene rings is 1. The molecule has 1 aromatic carbocycles. The number of rotatable bonds is 6. The molecule has 1 fully saturated rings. The molecule has 1 heterocycles. The van der Waals surface area contributed by atoms with Crippen molar-refractivity contribution in [1.82, 2.24) is 4.90 Å². The van der Waals surface area contributed by atoms with Gasteiger partial charge in [0, 0.05) is 26.3 Å². The Balaban J connectivity index is 1.77. The van der Waals surface area contributed by atoms with Crippen LogP contribution in [0.5, 0.6) is 0 Å². The first-order valence-corrected chi connectivity index (χ1v) is 7.76. The Kier molecular flexibility index (Phi) is 6.15. The maximum absolute atomic E-state index is 13.5. The molecule has 0 aromatic heterocycles. The second-order valence-corrected chi connectivity index (χ2v) is 6.13. The fourth-order valence-electron chi connectivity index (χ4n) is 2.79. The topological polar surface area (TPSA) is 32.7 Å². The molecule has 0 bridgehead atoms. The van der Waals surface area contributed by atoms with Crippen LogP contribution in [0.4, 0.5) is 4.39 Å². The van der Waals surface area contributed by atoms with Crippen molar-refractivity contribution in [2.45, 2.75) is 32.3 Å². The van der Waals surface area contributed by atoms with Gasteiger partial charge >= 0.3 is 0 Å². The average Bonchev–Trinajstić information content (AvgIpc) is 2.48. The minimum absolute atomic E-state index is 0.248. The van der Waals surface area contributed by atoms with E-state index >= 15 is 0 Å². The van der Waals surface area contributed by atoms with Gasteiger partial charge in [0.1, 0.15) is 5.82 Å². The minimum Gasteiger partial charge on any atom is -0.388 e. The molecule has 118 valence electrons. The molecule has 1 atom stereocenters. The Morgan fingerprint density at radius 3 is 2.76 bits per heavy atom. The van der Waals surface area contributed by atoms with Crippen molar-refractivity contribution < 1.29 is 14.2 Å². The Bertz CT molecular complexity index is 446. The van der Waals surface area contributed by atoms with Gasteiger partial charge in [0.05, 0.1) is 6.10 Å². The monoisotopic (exact) mass is 295 g/mol. The number of aryl methyl sites for hydroxylation is 1. The molecule has 1 N–H and O–H groups in total. The summed E-state index contributed by atoms with van der Waals surface area (Å²) in [4.78, 5) is 2.25. The van der Waals surface area contributed by atoms with E-state index < -0.39 is 6.10 Å². The van der Waals surface area contributed by atoms with Crippen molar-refractivity contribution in [3.63, 3.8) is 0 Å². The van der Waals surface area contributed by atoms with Crippen LogP contribution in [0.25, 0.3) is 0 Å². The third-order valence-corrected chi connectivity index (χ3v) is 4.28. The van der Waals surface area contributed by atoms with E-state index in [9.17, 15) is 9.50 Å². The third-order valence-electron chi connectivity index (χ3n) is 4.28. The van der Waals surface area contributed by atoms with Crippen LogP contribution in [-0.2, 0) is 4.74 Å². The van der Waals surface area contributed by atoms with Crippen LogP contribution in [0, 0.1) is 18.7 Å². The Hall–Kier alpha value is -0.970. The highest BCUT2D eigenvalue weighted by Crippen LogP contribution is 2.20. The van der Waals surface area contributed by atoms with Crippen molar-refractivity contribution in [3.8, 4) is 0 Å². The van der Waals surface area contributed by atoms with Crippen molar-refractivity contribution >= 4 is 0 Å². The summed E-state index contributed by atoms with van der Waals surface area (Å²) in [5, 5.41) is 10.2. The molecule has 2 rings (SSSR count). The summed E-state index contributed by atoms with van der Waals surface area (Å²) in [5.41, 5.74) is 1.28. The highest BCUT2D eigenvalue weighted by molar-refractivity contribution is 5.24. The van der Waals surface area contributed by atoms with Crippen LogP contribution in [-0.4, -0.2) is 43.4 Å². The van der Waals surface area contributed by atoms with Gasteiger partial charge in [-0.15, -0.1) is 0 Å². The largest absolute Gasteiger partial charge is 0.388 e. The molecule has 1 unspecified atom stereocenters. The molecule has 0 aliphatic carbocycles. The zero-order valence-electron chi connectivity index (χ0n) is 13.0. The van der Waals surface area contributed by atoms with E-state index in [0.29, 0.717) is 23.5 Å². The fourth-order valence-corrected chi connectivity index (χ4v) is 2.79. The number of hydrogen-bond donors (Lipinski definition) is 1. The lowest BCUT2D eigenvalue weighted by Gasteiger charge is -2.27. The minimum atomic E-state index is -0.600. The Labute approximate surface area is 126 Å². The van der Waals surface area contributed by atoms with Crippen LogP contribution in [0.2, 0.25) is 0 Å². The molecule has 4 heteroatoms. The third kappa shape index (κ3) is 5.06. The highest BCUT2D eigenvalue weighted by Gasteiger charge is 2.17. The van der Waals surface area contributed by atoms with E-state index in [1.807, 2.05) is 6.07 Å². The van der Waals surface area contributed by atoms with Gasteiger partial charge in [0.15, 0.2) is 0 Å². The number of ether oxygens (including phenoxy) is 1. The zero-order valence-corrected chi connectivity index (χ0v) is 13.0. The lowest BCUT2D eigenvalue weighted by Crippen LogP contribution is -2.30. The van der Waals surface area contributed by atoms with Crippen LogP contribution in [0.1, 0.15) is 36.5 Å². The summed E-state index contributed by atoms with van der Waals surface area (Å²) in [5.74, 6) is 0.444. The van der Waals surface area contributed by atoms with E-state index in [1.54, 1.807) is 13.0 Å². The summed E-state index contributed by atoms with van der Waals surface area (Å²) < 4.78 is 18.9. The number of aliphatic hydroxyl groups excluding tert-OH is 1. The van der Waals surface area contributed by atoms with E-state index in [4.69, 9.17) is 4.74 Å². The number of hydrogen-bond acceptors (Lipinski definition) is 3. The quantitative estimate of drug-likeness (QED) is 0.876. The first-order chi connectivity index (χ1) is 10.1. The smallest absolute Gasteiger partial charge is 0.126 e. The van der Waals surface area contributed by atoms with E-state index in [1.165, 1.54) is 6.07 Å². The molecule has 0 amide bonds. The summed E-state index contributed by atoms with van der Waals surface area (Å²) in [6.45, 7) is 5.31. The molecule has 0 spiro atoms. The van der Waals surface area contributed by atoms with Gasteiger partial charge in [0.25, 0.3) is 0 Å². The second-order valence-electron chi connectivity index (χ2n) is 6.13. The molecule has 1 aliphatic heterocycles. The first-order valence-electron chi connectivity index (χ1n) is 7.76. The molecular weight excluding hydrogens is 269 g/mol. The molecule has 21 heavy (non-hydrogen) atoms. The Morgan fingerprint density at radius 2 is 2.10 bits per heavy atom. The SMILES string of the molecule is Cc1ccc(C(O)CCN(C)CC2CCOCC2)cc1F. The van der Waals surface area contributed by atoms with Crippen LogP contribution in [0.15, 0.2) is 18.2 Å². The van der Waals surface area contributed by atoms with Gasteiger partial charge in [-0.2, -0.15) is 0 Å². The van der Waals surface area contributed by atoms with Crippen molar-refractivity contribution in [2.24, 2.45) is 5.92 Å². The molecular formula is C17H26FNO2. The first kappa shape index (κ1) is 16.4. The summed E-state index contributed by atoms with van der Waals surface area (Å²) in [6, 6.07) is 4.97. The highest BCUT2D eigenvalue weighted by atomic mass is 19.1. The van der Waals surface area contributed by atoms with E-state index in [2.05, 4.69) is 11.9 Å². The van der Waals surface area contributed by atoms with E-state index in [0.717, 1.165) is 39.1 Å². The van der Waals surface area contributed by atoms with Crippen molar-refractivity contribution in [1.29, 1.82) is 0 Å².